The second-order valence-electron chi connectivity index (χ2n) is 13.6. The Morgan fingerprint density at radius 2 is 0.839 bits per heavy atom. The molecule has 0 fully saturated rings. The van der Waals surface area contributed by atoms with Crippen LogP contribution in [0.15, 0.2) is 180 Å². The number of benzene rings is 7. The maximum Gasteiger partial charge on any atom is 0.164 e. The van der Waals surface area contributed by atoms with Gasteiger partial charge in [-0.25, -0.2) is 24.9 Å². The lowest BCUT2D eigenvalue weighted by Crippen LogP contribution is -2.00. The summed E-state index contributed by atoms with van der Waals surface area (Å²) >= 11 is 1.73. The average Bonchev–Trinajstić information content (AvgIpc) is 3.86. The van der Waals surface area contributed by atoms with Crippen molar-refractivity contribution in [1.29, 1.82) is 0 Å². The summed E-state index contributed by atoms with van der Waals surface area (Å²) in [6, 6.07) is 59.8. The van der Waals surface area contributed by atoms with Gasteiger partial charge in [0.2, 0.25) is 0 Å². The molecule has 0 spiro atoms. The fourth-order valence-corrected chi connectivity index (χ4v) is 8.68. The lowest BCUT2D eigenvalue weighted by atomic mass is 10.00. The summed E-state index contributed by atoms with van der Waals surface area (Å²) in [7, 11) is 0. The van der Waals surface area contributed by atoms with Crippen molar-refractivity contribution in [2.24, 2.45) is 0 Å². The van der Waals surface area contributed by atoms with E-state index >= 15 is 0 Å². The molecule has 7 aromatic carbocycles. The number of furan rings is 1. The summed E-state index contributed by atoms with van der Waals surface area (Å²) < 4.78 is 8.82. The van der Waals surface area contributed by atoms with Crippen molar-refractivity contribution in [2.45, 2.75) is 0 Å². The van der Waals surface area contributed by atoms with Gasteiger partial charge in [-0.15, -0.1) is 11.3 Å². The highest BCUT2D eigenvalue weighted by molar-refractivity contribution is 7.26. The van der Waals surface area contributed by atoms with Crippen molar-refractivity contribution in [1.82, 2.24) is 24.9 Å². The lowest BCUT2D eigenvalue weighted by Gasteiger charge is -2.11. The summed E-state index contributed by atoms with van der Waals surface area (Å²) in [4.78, 5) is 25.9. The molecule has 262 valence electrons. The van der Waals surface area contributed by atoms with Crippen LogP contribution in [0.5, 0.6) is 0 Å². The monoisotopic (exact) mass is 735 g/mol. The first-order valence-corrected chi connectivity index (χ1v) is 19.2. The van der Waals surface area contributed by atoms with Gasteiger partial charge in [0, 0.05) is 48.7 Å². The Balaban J connectivity index is 1.15. The van der Waals surface area contributed by atoms with Gasteiger partial charge in [-0.2, -0.15) is 0 Å². The molecular weight excluding hydrogens is 707 g/mol. The average molecular weight is 736 g/mol. The van der Waals surface area contributed by atoms with Gasteiger partial charge in [0.1, 0.15) is 11.2 Å². The van der Waals surface area contributed by atoms with Crippen molar-refractivity contribution in [2.75, 3.05) is 0 Å². The molecule has 0 radical (unpaired) electrons. The third-order valence-corrected chi connectivity index (χ3v) is 11.4. The first kappa shape index (κ1) is 32.1. The van der Waals surface area contributed by atoms with E-state index in [-0.39, 0.29) is 0 Å². The Morgan fingerprint density at radius 1 is 0.357 bits per heavy atom. The van der Waals surface area contributed by atoms with Crippen LogP contribution in [0.4, 0.5) is 0 Å². The lowest BCUT2D eigenvalue weighted by molar-refractivity contribution is 0.669. The zero-order valence-electron chi connectivity index (χ0n) is 29.8. The molecular formula is C49H29N5OS. The maximum absolute atomic E-state index is 6.59. The molecule has 0 amide bonds. The largest absolute Gasteiger partial charge is 0.456 e. The summed E-state index contributed by atoms with van der Waals surface area (Å²) in [6.45, 7) is 0. The van der Waals surface area contributed by atoms with E-state index in [9.17, 15) is 0 Å². The van der Waals surface area contributed by atoms with Crippen molar-refractivity contribution in [3.63, 3.8) is 0 Å². The molecule has 0 unspecified atom stereocenters. The molecule has 0 N–H and O–H groups in total. The smallest absolute Gasteiger partial charge is 0.164 e. The fourth-order valence-electron chi connectivity index (χ4n) is 7.53. The first-order valence-electron chi connectivity index (χ1n) is 18.4. The van der Waals surface area contributed by atoms with Crippen LogP contribution in [-0.4, -0.2) is 24.9 Å². The van der Waals surface area contributed by atoms with Crippen LogP contribution < -0.4 is 0 Å². The minimum Gasteiger partial charge on any atom is -0.456 e. The number of fused-ring (bicyclic) bond motifs is 6. The molecule has 0 bridgehead atoms. The minimum absolute atomic E-state index is 0.556. The summed E-state index contributed by atoms with van der Waals surface area (Å²) in [6.07, 6.45) is 0. The molecule has 0 aliphatic rings. The van der Waals surface area contributed by atoms with E-state index < -0.39 is 0 Å². The van der Waals surface area contributed by atoms with Gasteiger partial charge >= 0.3 is 0 Å². The summed E-state index contributed by atoms with van der Waals surface area (Å²) in [5.41, 5.74) is 10.2. The van der Waals surface area contributed by atoms with Gasteiger partial charge in [0.15, 0.2) is 23.3 Å². The number of nitrogens with zero attached hydrogens (tertiary/aromatic N) is 5. The van der Waals surface area contributed by atoms with E-state index in [4.69, 9.17) is 29.3 Å². The highest BCUT2D eigenvalue weighted by Crippen LogP contribution is 2.44. The number of thiophene rings is 1. The topological polar surface area (TPSA) is 77.6 Å². The molecule has 0 aliphatic heterocycles. The number of hydrogen-bond acceptors (Lipinski definition) is 7. The highest BCUT2D eigenvalue weighted by atomic mass is 32.1. The van der Waals surface area contributed by atoms with Crippen LogP contribution in [0.2, 0.25) is 0 Å². The normalized spacial score (nSPS) is 11.6. The second kappa shape index (κ2) is 13.2. The Kier molecular flexibility index (Phi) is 7.57. The van der Waals surface area contributed by atoms with Crippen LogP contribution in [0.3, 0.4) is 0 Å². The van der Waals surface area contributed by atoms with E-state index in [1.165, 1.54) is 10.3 Å². The number of aromatic nitrogens is 5. The van der Waals surface area contributed by atoms with E-state index in [1.54, 1.807) is 11.3 Å². The van der Waals surface area contributed by atoms with Gasteiger partial charge in [-0.05, 0) is 29.3 Å². The van der Waals surface area contributed by atoms with Crippen LogP contribution in [0, 0.1) is 0 Å². The van der Waals surface area contributed by atoms with Crippen LogP contribution >= 0.6 is 11.3 Å². The SMILES string of the molecule is c1ccc(-c2ccc(-c3nc(-c4cccc5oc6cccc(-c7nc(-c8ccccc8)nc(-c8ccccc8)n7)c6c45)nc4c3sc3ccccc34)cc2)cc1. The van der Waals surface area contributed by atoms with E-state index in [1.807, 2.05) is 91.0 Å². The van der Waals surface area contributed by atoms with Crippen LogP contribution in [0.25, 0.3) is 110 Å². The van der Waals surface area contributed by atoms with E-state index in [2.05, 4.69) is 84.9 Å². The van der Waals surface area contributed by atoms with Gasteiger partial charge in [0.05, 0.1) is 15.9 Å². The van der Waals surface area contributed by atoms with Crippen molar-refractivity contribution < 1.29 is 4.42 Å². The summed E-state index contributed by atoms with van der Waals surface area (Å²) in [5.74, 6) is 2.37. The van der Waals surface area contributed by atoms with Crippen LogP contribution in [-0.2, 0) is 0 Å². The Hall–Kier alpha value is -7.35. The minimum atomic E-state index is 0.556. The molecule has 0 saturated carbocycles. The molecule has 11 rings (SSSR count). The molecule has 0 saturated heterocycles. The molecule has 4 heterocycles. The van der Waals surface area contributed by atoms with Crippen molar-refractivity contribution in [3.8, 4) is 67.9 Å². The third kappa shape index (κ3) is 5.44. The molecule has 4 aromatic heterocycles. The Labute approximate surface area is 325 Å². The number of rotatable bonds is 6. The Morgan fingerprint density at radius 3 is 1.45 bits per heavy atom. The molecule has 6 nitrogen and oxygen atoms in total. The van der Waals surface area contributed by atoms with E-state index in [0.29, 0.717) is 23.3 Å². The fraction of sp³-hybridized carbons (Fsp3) is 0. The molecule has 7 heteroatoms. The predicted octanol–water partition coefficient (Wildman–Crippen LogP) is 12.9. The van der Waals surface area contributed by atoms with Crippen molar-refractivity contribution in [3.05, 3.63) is 176 Å². The summed E-state index contributed by atoms with van der Waals surface area (Å²) in [5, 5.41) is 2.91. The second-order valence-corrected chi connectivity index (χ2v) is 14.7. The van der Waals surface area contributed by atoms with Gasteiger partial charge in [-0.1, -0.05) is 158 Å². The zero-order chi connectivity index (χ0) is 37.0. The molecule has 0 atom stereocenters. The molecule has 11 aromatic rings. The van der Waals surface area contributed by atoms with Gasteiger partial charge in [0.25, 0.3) is 0 Å². The van der Waals surface area contributed by atoms with Gasteiger partial charge in [-0.3, -0.25) is 0 Å². The number of hydrogen-bond donors (Lipinski definition) is 0. The third-order valence-electron chi connectivity index (χ3n) is 10.2. The highest BCUT2D eigenvalue weighted by Gasteiger charge is 2.23. The predicted molar refractivity (Wildman–Crippen MR) is 228 cm³/mol. The molecule has 56 heavy (non-hydrogen) atoms. The van der Waals surface area contributed by atoms with E-state index in [0.717, 1.165) is 76.6 Å². The van der Waals surface area contributed by atoms with Gasteiger partial charge < -0.3 is 4.42 Å². The zero-order valence-corrected chi connectivity index (χ0v) is 30.6. The quantitative estimate of drug-likeness (QED) is 0.169. The maximum atomic E-state index is 6.59. The first-order chi connectivity index (χ1) is 27.7. The van der Waals surface area contributed by atoms with Crippen LogP contribution in [0.1, 0.15) is 0 Å². The van der Waals surface area contributed by atoms with Crippen molar-refractivity contribution >= 4 is 53.6 Å². The Bertz CT molecular complexity index is 3180. The standard InChI is InChI=1S/C49H29N5OS/c1-4-14-30(15-5-1)31-26-28-32(29-27-31)43-45-44(35-20-10-11-25-40(35)56-45)51-48(50-43)36-21-12-23-38-41(36)42-37(22-13-24-39(42)55-38)49-53-46(33-16-6-2-7-17-33)52-47(54-49)34-18-8-3-9-19-34/h1-29H. The molecule has 0 aliphatic carbocycles.